The number of nitrogens with zero attached hydrogens (tertiary/aromatic N) is 2. The zero-order valence-corrected chi connectivity index (χ0v) is 12.0. The summed E-state index contributed by atoms with van der Waals surface area (Å²) < 4.78 is 15.8. The van der Waals surface area contributed by atoms with Gasteiger partial charge < -0.3 is 19.1 Å². The van der Waals surface area contributed by atoms with Gasteiger partial charge in [-0.15, -0.1) is 0 Å². The van der Waals surface area contributed by atoms with Crippen LogP contribution in [-0.4, -0.2) is 29.0 Å². The average Bonchev–Trinajstić information content (AvgIpc) is 2.89. The monoisotopic (exact) mass is 278 g/mol. The third-order valence-electron chi connectivity index (χ3n) is 2.90. The van der Waals surface area contributed by atoms with Crippen LogP contribution in [0.5, 0.6) is 11.5 Å². The Hall–Kier alpha value is -2.08. The van der Waals surface area contributed by atoms with E-state index in [2.05, 4.69) is 10.1 Å². The molecule has 0 spiro atoms. The molecule has 0 radical (unpaired) electrons. The number of hydrogen-bond acceptors (Lipinski definition) is 6. The first kappa shape index (κ1) is 14.3. The Morgan fingerprint density at radius 2 is 2.10 bits per heavy atom. The summed E-state index contributed by atoms with van der Waals surface area (Å²) in [4.78, 5) is 4.31. The van der Waals surface area contributed by atoms with Crippen molar-refractivity contribution in [1.82, 2.24) is 10.1 Å². The lowest BCUT2D eigenvalue weighted by Crippen LogP contribution is -2.23. The lowest BCUT2D eigenvalue weighted by Gasteiger charge is -2.19. The number of phenolic OH excluding ortho intramolecular Hbond substituents is 1. The van der Waals surface area contributed by atoms with Gasteiger partial charge in [0.2, 0.25) is 5.82 Å². The molecule has 1 heterocycles. The number of aromatic nitrogens is 2. The maximum absolute atomic E-state index is 9.76. The fourth-order valence-corrected chi connectivity index (χ4v) is 1.83. The number of hydrogen-bond donors (Lipinski definition) is 1. The molecule has 2 rings (SSSR count). The predicted octanol–water partition coefficient (Wildman–Crippen LogP) is 2.72. The Morgan fingerprint density at radius 1 is 1.35 bits per heavy atom. The summed E-state index contributed by atoms with van der Waals surface area (Å²) in [5, 5.41) is 13.7. The van der Waals surface area contributed by atoms with E-state index in [0.717, 1.165) is 0 Å². The van der Waals surface area contributed by atoms with E-state index in [9.17, 15) is 5.11 Å². The number of ether oxygens (including phenoxy) is 2. The fourth-order valence-electron chi connectivity index (χ4n) is 1.83. The van der Waals surface area contributed by atoms with Crippen LogP contribution >= 0.6 is 0 Å². The first-order chi connectivity index (χ1) is 9.47. The van der Waals surface area contributed by atoms with Crippen LogP contribution < -0.4 is 4.74 Å². The topological polar surface area (TPSA) is 77.6 Å². The van der Waals surface area contributed by atoms with Gasteiger partial charge in [0.25, 0.3) is 5.89 Å². The van der Waals surface area contributed by atoms with E-state index < -0.39 is 5.60 Å². The molecule has 0 atom stereocenters. The lowest BCUT2D eigenvalue weighted by molar-refractivity contribution is -0.0221. The summed E-state index contributed by atoms with van der Waals surface area (Å²) in [6.07, 6.45) is 0. The zero-order valence-electron chi connectivity index (χ0n) is 12.0. The minimum atomic E-state index is -0.620. The van der Waals surface area contributed by atoms with E-state index >= 15 is 0 Å². The first-order valence-electron chi connectivity index (χ1n) is 6.33. The largest absolute Gasteiger partial charge is 0.504 e. The second kappa shape index (κ2) is 5.50. The third-order valence-corrected chi connectivity index (χ3v) is 2.90. The highest BCUT2D eigenvalue weighted by Crippen LogP contribution is 2.31. The van der Waals surface area contributed by atoms with Gasteiger partial charge in [-0.3, -0.25) is 0 Å². The van der Waals surface area contributed by atoms with Crippen molar-refractivity contribution in [3.8, 4) is 23.0 Å². The molecule has 1 aromatic heterocycles. The van der Waals surface area contributed by atoms with Crippen molar-refractivity contribution in [3.63, 3.8) is 0 Å². The van der Waals surface area contributed by atoms with E-state index in [0.29, 0.717) is 29.6 Å². The Balaban J connectivity index is 2.31. The SMILES string of the molecule is CCOC(C)(C)c1noc(-c2ccc(OC)c(O)c2)n1. The molecule has 0 aliphatic carbocycles. The molecule has 6 heteroatoms. The second-order valence-corrected chi connectivity index (χ2v) is 4.75. The number of rotatable bonds is 5. The molecular formula is C14H18N2O4. The minimum Gasteiger partial charge on any atom is -0.504 e. The Labute approximate surface area is 117 Å². The second-order valence-electron chi connectivity index (χ2n) is 4.75. The van der Waals surface area contributed by atoms with E-state index in [1.54, 1.807) is 12.1 Å². The smallest absolute Gasteiger partial charge is 0.258 e. The standard InChI is InChI=1S/C14H18N2O4/c1-5-19-14(2,3)13-15-12(20-16-13)9-6-7-11(18-4)10(17)8-9/h6-8,17H,5H2,1-4H3. The van der Waals surface area contributed by atoms with Crippen LogP contribution in [0.25, 0.3) is 11.5 Å². The Morgan fingerprint density at radius 3 is 2.70 bits per heavy atom. The molecule has 20 heavy (non-hydrogen) atoms. The van der Waals surface area contributed by atoms with Gasteiger partial charge in [0, 0.05) is 12.2 Å². The predicted molar refractivity (Wildman–Crippen MR) is 72.6 cm³/mol. The normalized spacial score (nSPS) is 11.6. The van der Waals surface area contributed by atoms with Gasteiger partial charge in [-0.05, 0) is 39.0 Å². The lowest BCUT2D eigenvalue weighted by atomic mass is 10.1. The molecular weight excluding hydrogens is 260 g/mol. The van der Waals surface area contributed by atoms with E-state index in [1.807, 2.05) is 20.8 Å². The average molecular weight is 278 g/mol. The summed E-state index contributed by atoms with van der Waals surface area (Å²) in [6, 6.07) is 4.90. The van der Waals surface area contributed by atoms with Crippen LogP contribution in [0.15, 0.2) is 22.7 Å². The molecule has 2 aromatic rings. The van der Waals surface area contributed by atoms with Crippen LogP contribution in [-0.2, 0) is 10.3 Å². The summed E-state index contributed by atoms with van der Waals surface area (Å²) >= 11 is 0. The highest BCUT2D eigenvalue weighted by Gasteiger charge is 2.27. The first-order valence-corrected chi connectivity index (χ1v) is 6.33. The maximum Gasteiger partial charge on any atom is 0.258 e. The van der Waals surface area contributed by atoms with Crippen LogP contribution in [0.2, 0.25) is 0 Å². The Bertz CT molecular complexity index is 593. The summed E-state index contributed by atoms with van der Waals surface area (Å²) in [5.41, 5.74) is -0.000258. The molecule has 1 N–H and O–H groups in total. The number of aromatic hydroxyl groups is 1. The number of methoxy groups -OCH3 is 1. The molecule has 0 aliphatic rings. The van der Waals surface area contributed by atoms with Crippen molar-refractivity contribution in [3.05, 3.63) is 24.0 Å². The molecule has 0 saturated carbocycles. The molecule has 0 bridgehead atoms. The van der Waals surface area contributed by atoms with Crippen LogP contribution in [0, 0.1) is 0 Å². The fraction of sp³-hybridized carbons (Fsp3) is 0.429. The third kappa shape index (κ3) is 2.75. The summed E-state index contributed by atoms with van der Waals surface area (Å²) in [6.45, 7) is 6.21. The molecule has 0 fully saturated rings. The molecule has 0 unspecified atom stereocenters. The van der Waals surface area contributed by atoms with E-state index in [-0.39, 0.29) is 5.75 Å². The summed E-state index contributed by atoms with van der Waals surface area (Å²) in [5.74, 6) is 1.20. The van der Waals surface area contributed by atoms with Crippen molar-refractivity contribution in [2.75, 3.05) is 13.7 Å². The van der Waals surface area contributed by atoms with Gasteiger partial charge >= 0.3 is 0 Å². The van der Waals surface area contributed by atoms with Crippen molar-refractivity contribution < 1.29 is 19.1 Å². The number of benzene rings is 1. The van der Waals surface area contributed by atoms with Crippen molar-refractivity contribution in [2.45, 2.75) is 26.4 Å². The van der Waals surface area contributed by atoms with Gasteiger partial charge in [0.05, 0.1) is 7.11 Å². The highest BCUT2D eigenvalue weighted by atomic mass is 16.5. The highest BCUT2D eigenvalue weighted by molar-refractivity contribution is 5.59. The maximum atomic E-state index is 9.76. The molecule has 108 valence electrons. The molecule has 0 amide bonds. The van der Waals surface area contributed by atoms with Gasteiger partial charge in [0.15, 0.2) is 11.5 Å². The van der Waals surface area contributed by atoms with Crippen molar-refractivity contribution >= 4 is 0 Å². The van der Waals surface area contributed by atoms with E-state index in [4.69, 9.17) is 14.0 Å². The quantitative estimate of drug-likeness (QED) is 0.906. The number of phenols is 1. The van der Waals surface area contributed by atoms with Crippen molar-refractivity contribution in [1.29, 1.82) is 0 Å². The zero-order chi connectivity index (χ0) is 14.8. The van der Waals surface area contributed by atoms with Crippen molar-refractivity contribution in [2.24, 2.45) is 0 Å². The molecule has 1 aromatic carbocycles. The van der Waals surface area contributed by atoms with E-state index in [1.165, 1.54) is 13.2 Å². The minimum absolute atomic E-state index is 0.0221. The summed E-state index contributed by atoms with van der Waals surface area (Å²) in [7, 11) is 1.49. The van der Waals surface area contributed by atoms with Crippen LogP contribution in [0.3, 0.4) is 0 Å². The molecule has 0 saturated heterocycles. The molecule has 0 aliphatic heterocycles. The Kier molecular flexibility index (Phi) is 3.94. The van der Waals surface area contributed by atoms with Gasteiger partial charge in [-0.1, -0.05) is 5.16 Å². The van der Waals surface area contributed by atoms with Gasteiger partial charge in [0.1, 0.15) is 5.60 Å². The van der Waals surface area contributed by atoms with Gasteiger partial charge in [-0.2, -0.15) is 4.98 Å². The van der Waals surface area contributed by atoms with Gasteiger partial charge in [-0.25, -0.2) is 0 Å². The molecule has 6 nitrogen and oxygen atoms in total. The van der Waals surface area contributed by atoms with Crippen LogP contribution in [0.4, 0.5) is 0 Å². The van der Waals surface area contributed by atoms with Crippen LogP contribution in [0.1, 0.15) is 26.6 Å².